The van der Waals surface area contributed by atoms with Crippen molar-refractivity contribution < 1.29 is 14.0 Å². The molecule has 0 amide bonds. The second kappa shape index (κ2) is 15.3. The van der Waals surface area contributed by atoms with Crippen molar-refractivity contribution in [1.82, 2.24) is 0 Å². The number of hydrogen-bond donors (Lipinski definition) is 1. The highest BCUT2D eigenvalue weighted by Gasteiger charge is 2.04. The fourth-order valence-electron chi connectivity index (χ4n) is 0.814. The molecule has 4 nitrogen and oxygen atoms in total. The molecule has 0 heterocycles. The molecule has 5 heteroatoms. The van der Waals surface area contributed by atoms with Gasteiger partial charge in [-0.1, -0.05) is 33.3 Å². The Morgan fingerprint density at radius 1 is 1.35 bits per heavy atom. The molecule has 0 spiro atoms. The lowest BCUT2D eigenvalue weighted by atomic mass is 10.4. The van der Waals surface area contributed by atoms with Crippen LogP contribution in [0.1, 0.15) is 40.0 Å². The lowest BCUT2D eigenvalue weighted by Crippen LogP contribution is -2.29. The van der Waals surface area contributed by atoms with Crippen molar-refractivity contribution in [3.05, 3.63) is 12.7 Å². The summed E-state index contributed by atoms with van der Waals surface area (Å²) in [5, 5.41) is 5.69. The molecule has 0 aliphatic heterocycles. The van der Waals surface area contributed by atoms with Gasteiger partial charge in [-0.3, -0.25) is 0 Å². The Morgan fingerprint density at radius 2 is 1.94 bits per heavy atom. The first-order valence-electron chi connectivity index (χ1n) is 6.28. The maximum Gasteiger partial charge on any atom is 0.330 e. The predicted molar refractivity (Wildman–Crippen MR) is 74.1 cm³/mol. The number of rotatable bonds is 8. The van der Waals surface area contributed by atoms with Crippen LogP contribution >= 0.6 is 0 Å². The average molecular weight is 261 g/mol. The monoisotopic (exact) mass is 261 g/mol. The first-order chi connectivity index (χ1) is 8.12. The Bertz CT molecular complexity index is 187. The molecule has 2 N–H and O–H groups in total. The largest absolute Gasteiger partial charge is 0.463 e. The molecule has 0 aliphatic rings. The molecular weight excluding hydrogens is 234 g/mol. The van der Waals surface area contributed by atoms with Crippen molar-refractivity contribution in [3.8, 4) is 0 Å². The molecule has 0 aromatic rings. The van der Waals surface area contributed by atoms with Gasteiger partial charge in [0.25, 0.3) is 0 Å². The molecule has 0 radical (unpaired) electrons. The summed E-state index contributed by atoms with van der Waals surface area (Å²) in [5.41, 5.74) is 0. The zero-order valence-electron chi connectivity index (χ0n) is 11.4. The molecule has 0 aliphatic carbocycles. The van der Waals surface area contributed by atoms with Gasteiger partial charge in [-0.2, -0.15) is 0 Å². The first kappa shape index (κ1) is 18.7. The van der Waals surface area contributed by atoms with Gasteiger partial charge in [-0.25, -0.2) is 4.79 Å². The Labute approximate surface area is 107 Å². The van der Waals surface area contributed by atoms with Crippen LogP contribution in [-0.2, 0) is 14.0 Å². The van der Waals surface area contributed by atoms with Crippen molar-refractivity contribution in [2.24, 2.45) is 5.40 Å². The van der Waals surface area contributed by atoms with Crippen LogP contribution in [0.2, 0.25) is 6.04 Å². The minimum atomic E-state index is -1.49. The summed E-state index contributed by atoms with van der Waals surface area (Å²) in [7, 11) is -1.49. The lowest BCUT2D eigenvalue weighted by molar-refractivity contribution is -0.137. The van der Waals surface area contributed by atoms with E-state index in [1.807, 2.05) is 6.92 Å². The van der Waals surface area contributed by atoms with E-state index in [2.05, 4.69) is 20.4 Å². The molecule has 102 valence electrons. The van der Waals surface area contributed by atoms with Gasteiger partial charge >= 0.3 is 5.97 Å². The van der Waals surface area contributed by atoms with Gasteiger partial charge in [0.1, 0.15) is 0 Å². The number of nitrogens with two attached hydrogens (primary N) is 1. The van der Waals surface area contributed by atoms with Crippen LogP contribution in [0.5, 0.6) is 0 Å². The number of unbranched alkanes of at least 4 members (excludes halogenated alkanes) is 1. The van der Waals surface area contributed by atoms with E-state index in [-0.39, 0.29) is 5.97 Å². The topological polar surface area (TPSA) is 61.5 Å². The number of esters is 1. The van der Waals surface area contributed by atoms with Crippen LogP contribution in [-0.4, -0.2) is 28.4 Å². The number of carbonyl (C=O) groups is 1. The Morgan fingerprint density at radius 3 is 2.35 bits per heavy atom. The number of hydrogen-bond acceptors (Lipinski definition) is 4. The highest BCUT2D eigenvalue weighted by molar-refractivity contribution is 6.47. The zero-order chi connectivity index (χ0) is 13.5. The number of ether oxygens (including phenoxy) is 1. The molecule has 0 bridgehead atoms. The predicted octanol–water partition coefficient (Wildman–Crippen LogP) is 2.13. The summed E-state index contributed by atoms with van der Waals surface area (Å²) in [6, 6.07) is 0.832. The molecule has 1 unspecified atom stereocenters. The molecule has 0 saturated carbocycles. The third-order valence-electron chi connectivity index (χ3n) is 1.92. The van der Waals surface area contributed by atoms with Gasteiger partial charge in [0.2, 0.25) is 9.20 Å². The van der Waals surface area contributed by atoms with Gasteiger partial charge in [-0.05, 0) is 19.4 Å². The summed E-state index contributed by atoms with van der Waals surface area (Å²) in [6.45, 7) is 10.6. The molecule has 0 aromatic heterocycles. The average Bonchev–Trinajstić information content (AvgIpc) is 2.35. The molecule has 0 fully saturated rings. The SMILES string of the molecule is C=CC(=O)OCCC[SiH](N)OCC.CCCC. The number of carbonyl (C=O) groups excluding carboxylic acids is 1. The molecule has 0 saturated heterocycles. The fourth-order valence-corrected chi connectivity index (χ4v) is 1.98. The quantitative estimate of drug-likeness (QED) is 0.315. The second-order valence-electron chi connectivity index (χ2n) is 3.51. The zero-order valence-corrected chi connectivity index (χ0v) is 12.6. The van der Waals surface area contributed by atoms with E-state index in [0.29, 0.717) is 13.2 Å². The van der Waals surface area contributed by atoms with Crippen molar-refractivity contribution in [1.29, 1.82) is 0 Å². The van der Waals surface area contributed by atoms with E-state index in [9.17, 15) is 4.79 Å². The van der Waals surface area contributed by atoms with Crippen LogP contribution in [0, 0.1) is 0 Å². The highest BCUT2D eigenvalue weighted by Crippen LogP contribution is 1.95. The molecule has 0 aromatic carbocycles. The van der Waals surface area contributed by atoms with E-state index in [1.54, 1.807) is 0 Å². The van der Waals surface area contributed by atoms with E-state index < -0.39 is 9.20 Å². The lowest BCUT2D eigenvalue weighted by Gasteiger charge is -2.08. The van der Waals surface area contributed by atoms with E-state index >= 15 is 0 Å². The van der Waals surface area contributed by atoms with Crippen LogP contribution in [0.25, 0.3) is 0 Å². The standard InChI is InChI=1S/C8H17NO3Si.C4H10/c1-3-8(10)11-6-5-7-13(9)12-4-2;1-3-4-2/h3,13H,1,4-7,9H2,2H3;3-4H2,1-2H3. The summed E-state index contributed by atoms with van der Waals surface area (Å²) in [5.74, 6) is -0.383. The van der Waals surface area contributed by atoms with Crippen LogP contribution in [0.4, 0.5) is 0 Å². The highest BCUT2D eigenvalue weighted by atomic mass is 28.3. The first-order valence-corrected chi connectivity index (χ1v) is 8.24. The summed E-state index contributed by atoms with van der Waals surface area (Å²) in [6.07, 6.45) is 4.56. The van der Waals surface area contributed by atoms with Gasteiger partial charge in [-0.15, -0.1) is 0 Å². The van der Waals surface area contributed by atoms with Gasteiger partial charge in [0.15, 0.2) is 0 Å². The minimum Gasteiger partial charge on any atom is -0.463 e. The van der Waals surface area contributed by atoms with Crippen molar-refractivity contribution in [3.63, 3.8) is 0 Å². The van der Waals surface area contributed by atoms with E-state index in [1.165, 1.54) is 12.8 Å². The molecule has 1 atom stereocenters. The Kier molecular flexibility index (Phi) is 16.9. The van der Waals surface area contributed by atoms with Gasteiger partial charge in [0.05, 0.1) is 6.61 Å². The van der Waals surface area contributed by atoms with Gasteiger partial charge in [0, 0.05) is 12.7 Å². The third kappa shape index (κ3) is 17.9. The molecule has 17 heavy (non-hydrogen) atoms. The van der Waals surface area contributed by atoms with Crippen molar-refractivity contribution in [2.45, 2.75) is 46.1 Å². The van der Waals surface area contributed by atoms with Gasteiger partial charge < -0.3 is 14.6 Å². The Hall–Kier alpha value is -0.653. The summed E-state index contributed by atoms with van der Waals surface area (Å²) < 4.78 is 10.0. The third-order valence-corrected chi connectivity index (χ3v) is 3.66. The second-order valence-corrected chi connectivity index (χ2v) is 5.50. The maximum absolute atomic E-state index is 10.6. The normalized spacial score (nSPS) is 11.1. The van der Waals surface area contributed by atoms with Crippen molar-refractivity contribution in [2.75, 3.05) is 13.2 Å². The minimum absolute atomic E-state index is 0.383. The Balaban J connectivity index is 0. The van der Waals surface area contributed by atoms with Crippen molar-refractivity contribution >= 4 is 15.2 Å². The van der Waals surface area contributed by atoms with E-state index in [4.69, 9.17) is 14.6 Å². The van der Waals surface area contributed by atoms with Crippen LogP contribution in [0.3, 0.4) is 0 Å². The summed E-state index contributed by atoms with van der Waals surface area (Å²) >= 11 is 0. The molecular formula is C12H27NO3Si. The fraction of sp³-hybridized carbons (Fsp3) is 0.750. The van der Waals surface area contributed by atoms with E-state index in [0.717, 1.165) is 18.5 Å². The van der Waals surface area contributed by atoms with Crippen LogP contribution < -0.4 is 5.40 Å². The van der Waals surface area contributed by atoms with Crippen LogP contribution in [0.15, 0.2) is 12.7 Å². The smallest absolute Gasteiger partial charge is 0.330 e. The maximum atomic E-state index is 10.6. The molecule has 0 rings (SSSR count). The summed E-state index contributed by atoms with van der Waals surface area (Å²) in [4.78, 5) is 10.6.